The third-order valence-electron chi connectivity index (χ3n) is 1.57. The van der Waals surface area contributed by atoms with Crippen molar-refractivity contribution in [3.05, 3.63) is 0 Å². The van der Waals surface area contributed by atoms with Crippen molar-refractivity contribution in [2.75, 3.05) is 13.4 Å². The van der Waals surface area contributed by atoms with Crippen LogP contribution in [0.1, 0.15) is 48.0 Å². The Morgan fingerprint density at radius 1 is 0.923 bits per heavy atom. The van der Waals surface area contributed by atoms with Crippen LogP contribution in [0.25, 0.3) is 0 Å². The van der Waals surface area contributed by atoms with E-state index in [2.05, 4.69) is 20.8 Å². The van der Waals surface area contributed by atoms with Crippen LogP contribution in [0.5, 0.6) is 0 Å². The average molecular weight is 188 g/mol. The largest absolute Gasteiger partial charge is 0.355 e. The van der Waals surface area contributed by atoms with E-state index in [4.69, 9.17) is 9.47 Å². The van der Waals surface area contributed by atoms with E-state index in [0.717, 1.165) is 13.0 Å². The highest BCUT2D eigenvalue weighted by atomic mass is 16.7. The minimum absolute atomic E-state index is 0.0955. The Bertz CT molecular complexity index is 112. The number of hydrogen-bond acceptors (Lipinski definition) is 2. The Morgan fingerprint density at radius 2 is 1.46 bits per heavy atom. The van der Waals surface area contributed by atoms with Gasteiger partial charge in [0.05, 0.1) is 5.60 Å². The molecular weight excluding hydrogens is 164 g/mol. The molecule has 0 rings (SSSR count). The third-order valence-corrected chi connectivity index (χ3v) is 1.57. The zero-order chi connectivity index (χ0) is 10.5. The van der Waals surface area contributed by atoms with Gasteiger partial charge in [0.15, 0.2) is 0 Å². The lowest BCUT2D eigenvalue weighted by atomic mass is 9.93. The molecule has 0 saturated heterocycles. The quantitative estimate of drug-likeness (QED) is 0.498. The lowest BCUT2D eigenvalue weighted by molar-refractivity contribution is -0.122. The fourth-order valence-electron chi connectivity index (χ4n) is 0.656. The van der Waals surface area contributed by atoms with Gasteiger partial charge >= 0.3 is 0 Å². The first kappa shape index (κ1) is 12.9. The van der Waals surface area contributed by atoms with Gasteiger partial charge in [0.2, 0.25) is 0 Å². The summed E-state index contributed by atoms with van der Waals surface area (Å²) in [7, 11) is 0. The minimum Gasteiger partial charge on any atom is -0.355 e. The summed E-state index contributed by atoms with van der Waals surface area (Å²) in [4.78, 5) is 0. The minimum atomic E-state index is -0.0955. The van der Waals surface area contributed by atoms with Crippen molar-refractivity contribution in [2.24, 2.45) is 5.41 Å². The molecule has 0 N–H and O–H groups in total. The van der Waals surface area contributed by atoms with E-state index in [-0.39, 0.29) is 5.60 Å². The van der Waals surface area contributed by atoms with Crippen molar-refractivity contribution in [3.63, 3.8) is 0 Å². The fraction of sp³-hybridized carbons (Fsp3) is 1.00. The number of rotatable bonds is 4. The molecule has 0 aliphatic carbocycles. The normalized spacial score (nSPS) is 13.4. The van der Waals surface area contributed by atoms with Crippen molar-refractivity contribution in [1.29, 1.82) is 0 Å². The fourth-order valence-corrected chi connectivity index (χ4v) is 0.656. The predicted octanol–water partition coefficient (Wildman–Crippen LogP) is 3.21. The van der Waals surface area contributed by atoms with Crippen LogP contribution in [-0.4, -0.2) is 19.0 Å². The van der Waals surface area contributed by atoms with Crippen LogP contribution in [0.3, 0.4) is 0 Å². The monoisotopic (exact) mass is 188 g/mol. The van der Waals surface area contributed by atoms with Crippen LogP contribution < -0.4 is 0 Å². The van der Waals surface area contributed by atoms with E-state index in [1.807, 2.05) is 20.8 Å². The molecular formula is C11H24O2. The zero-order valence-electron chi connectivity index (χ0n) is 9.94. The molecule has 0 aliphatic rings. The van der Waals surface area contributed by atoms with Gasteiger partial charge in [-0.15, -0.1) is 0 Å². The second-order valence-electron chi connectivity index (χ2n) is 5.59. The molecule has 0 atom stereocenters. The molecule has 0 unspecified atom stereocenters. The summed E-state index contributed by atoms with van der Waals surface area (Å²) >= 11 is 0. The first-order chi connectivity index (χ1) is 5.71. The van der Waals surface area contributed by atoms with Gasteiger partial charge in [-0.25, -0.2) is 0 Å². The van der Waals surface area contributed by atoms with E-state index >= 15 is 0 Å². The van der Waals surface area contributed by atoms with E-state index < -0.39 is 0 Å². The summed E-state index contributed by atoms with van der Waals surface area (Å²) in [5.74, 6) is 0. The van der Waals surface area contributed by atoms with Gasteiger partial charge in [-0.2, -0.15) is 0 Å². The van der Waals surface area contributed by atoms with Gasteiger partial charge in [0.1, 0.15) is 6.79 Å². The highest BCUT2D eigenvalue weighted by Gasteiger charge is 2.11. The van der Waals surface area contributed by atoms with Gasteiger partial charge in [0.25, 0.3) is 0 Å². The molecule has 0 aliphatic heterocycles. The molecule has 80 valence electrons. The van der Waals surface area contributed by atoms with Gasteiger partial charge in [-0.1, -0.05) is 20.8 Å². The molecule has 0 spiro atoms. The van der Waals surface area contributed by atoms with Crippen molar-refractivity contribution in [3.8, 4) is 0 Å². The third kappa shape index (κ3) is 11.9. The molecule has 0 radical (unpaired) electrons. The summed E-state index contributed by atoms with van der Waals surface area (Å²) in [6.07, 6.45) is 1.07. The molecule has 13 heavy (non-hydrogen) atoms. The van der Waals surface area contributed by atoms with Crippen molar-refractivity contribution in [2.45, 2.75) is 53.6 Å². The van der Waals surface area contributed by atoms with Gasteiger partial charge in [-0.05, 0) is 32.6 Å². The first-order valence-electron chi connectivity index (χ1n) is 4.92. The molecule has 0 saturated carbocycles. The zero-order valence-corrected chi connectivity index (χ0v) is 9.94. The Balaban J connectivity index is 3.28. The average Bonchev–Trinajstić information content (AvgIpc) is 1.81. The molecule has 0 aromatic rings. The molecule has 0 aromatic heterocycles. The van der Waals surface area contributed by atoms with E-state index in [1.54, 1.807) is 0 Å². The Labute approximate surface area is 82.6 Å². The second-order valence-corrected chi connectivity index (χ2v) is 5.59. The molecule has 0 bridgehead atoms. The van der Waals surface area contributed by atoms with E-state index in [0.29, 0.717) is 12.2 Å². The highest BCUT2D eigenvalue weighted by molar-refractivity contribution is 4.60. The maximum absolute atomic E-state index is 5.42. The van der Waals surface area contributed by atoms with Gasteiger partial charge < -0.3 is 9.47 Å². The van der Waals surface area contributed by atoms with Crippen LogP contribution in [-0.2, 0) is 9.47 Å². The summed E-state index contributed by atoms with van der Waals surface area (Å²) in [5.41, 5.74) is 0.253. The Hall–Kier alpha value is -0.0800. The van der Waals surface area contributed by atoms with E-state index in [9.17, 15) is 0 Å². The maximum atomic E-state index is 5.42. The summed E-state index contributed by atoms with van der Waals surface area (Å²) < 4.78 is 10.8. The highest BCUT2D eigenvalue weighted by Crippen LogP contribution is 2.18. The van der Waals surface area contributed by atoms with Crippen LogP contribution >= 0.6 is 0 Å². The lowest BCUT2D eigenvalue weighted by Gasteiger charge is -2.21. The van der Waals surface area contributed by atoms with Crippen molar-refractivity contribution >= 4 is 0 Å². The molecule has 0 aromatic carbocycles. The van der Waals surface area contributed by atoms with Gasteiger partial charge in [-0.3, -0.25) is 0 Å². The van der Waals surface area contributed by atoms with Crippen molar-refractivity contribution in [1.82, 2.24) is 0 Å². The summed E-state index contributed by atoms with van der Waals surface area (Å²) in [6, 6.07) is 0. The van der Waals surface area contributed by atoms with E-state index in [1.165, 1.54) is 0 Å². The molecule has 2 nitrogen and oxygen atoms in total. The van der Waals surface area contributed by atoms with Crippen LogP contribution in [0.4, 0.5) is 0 Å². The molecule has 0 amide bonds. The number of hydrogen-bond donors (Lipinski definition) is 0. The van der Waals surface area contributed by atoms with Gasteiger partial charge in [0, 0.05) is 6.61 Å². The molecule has 0 fully saturated rings. The predicted molar refractivity (Wildman–Crippen MR) is 55.7 cm³/mol. The first-order valence-corrected chi connectivity index (χ1v) is 4.92. The standard InChI is InChI=1S/C11H24O2/c1-10(2,3)7-8-12-9-13-11(4,5)6/h7-9H2,1-6H3. The smallest absolute Gasteiger partial charge is 0.147 e. The Morgan fingerprint density at radius 3 is 1.85 bits per heavy atom. The molecule has 2 heteroatoms. The maximum Gasteiger partial charge on any atom is 0.147 e. The second kappa shape index (κ2) is 4.97. The number of ether oxygens (including phenoxy) is 2. The summed E-state index contributed by atoms with van der Waals surface area (Å²) in [5, 5.41) is 0. The topological polar surface area (TPSA) is 18.5 Å². The van der Waals surface area contributed by atoms with Crippen LogP contribution in [0.15, 0.2) is 0 Å². The van der Waals surface area contributed by atoms with Crippen LogP contribution in [0, 0.1) is 5.41 Å². The lowest BCUT2D eigenvalue weighted by Crippen LogP contribution is -2.21. The Kier molecular flexibility index (Phi) is 4.93. The SMILES string of the molecule is CC(C)(C)CCOCOC(C)(C)C. The van der Waals surface area contributed by atoms with Crippen LogP contribution in [0.2, 0.25) is 0 Å². The molecule has 0 heterocycles. The summed E-state index contributed by atoms with van der Waals surface area (Å²) in [6.45, 7) is 13.9. The van der Waals surface area contributed by atoms with Crippen molar-refractivity contribution < 1.29 is 9.47 Å².